The molecule has 0 bridgehead atoms. The van der Waals surface area contributed by atoms with E-state index >= 15 is 0 Å². The topological polar surface area (TPSA) is 192 Å². The van der Waals surface area contributed by atoms with Crippen molar-refractivity contribution in [1.82, 2.24) is 9.62 Å². The van der Waals surface area contributed by atoms with Crippen LogP contribution in [0, 0.1) is 0 Å². The number of carbonyl (C=O) groups is 2. The Morgan fingerprint density at radius 3 is 2.23 bits per heavy atom. The first-order valence-electron chi connectivity index (χ1n) is 13.8. The summed E-state index contributed by atoms with van der Waals surface area (Å²) in [6, 6.07) is 10.3. The predicted molar refractivity (Wildman–Crippen MR) is 163 cm³/mol. The predicted octanol–water partition coefficient (Wildman–Crippen LogP) is 2.15. The van der Waals surface area contributed by atoms with Gasteiger partial charge in [0, 0.05) is 31.4 Å². The second-order valence-corrected chi connectivity index (χ2v) is 15.0. The zero-order chi connectivity index (χ0) is 32.9. The molecule has 1 aliphatic rings. The van der Waals surface area contributed by atoms with Gasteiger partial charge in [0.2, 0.25) is 10.0 Å². The Kier molecular flexibility index (Phi) is 11.1. The van der Waals surface area contributed by atoms with Gasteiger partial charge < -0.3 is 29.9 Å². The maximum Gasteiger partial charge on any atom is 0.424 e. The first-order valence-corrected chi connectivity index (χ1v) is 17.1. The van der Waals surface area contributed by atoms with E-state index in [0.29, 0.717) is 23.0 Å². The number of methoxy groups -OCH3 is 1. The van der Waals surface area contributed by atoms with E-state index in [-0.39, 0.29) is 28.9 Å². The Hall–Kier alpha value is -3.60. The number of nitrogens with one attached hydrogen (secondary N) is 2. The number of ether oxygens (including phenoxy) is 2. The van der Waals surface area contributed by atoms with E-state index in [1.54, 1.807) is 32.9 Å². The molecule has 1 aliphatic heterocycles. The summed E-state index contributed by atoms with van der Waals surface area (Å²) in [7, 11) is -7.00. The Bertz CT molecular complexity index is 1530. The number of phenolic OH excluding ortho intramolecular Hbond substituents is 1. The van der Waals surface area contributed by atoms with Crippen LogP contribution >= 0.6 is 0 Å². The lowest BCUT2D eigenvalue weighted by Gasteiger charge is -2.34. The fraction of sp³-hybridized carbons (Fsp3) is 0.500. The van der Waals surface area contributed by atoms with Crippen molar-refractivity contribution in [1.29, 1.82) is 0 Å². The monoisotopic (exact) mass is 656 g/mol. The number of piperidine rings is 1. The van der Waals surface area contributed by atoms with Gasteiger partial charge in [-0.15, -0.1) is 0 Å². The number of aromatic hydroxyl groups is 1. The molecular weight excluding hydrogens is 616 g/mol. The van der Waals surface area contributed by atoms with Crippen molar-refractivity contribution in [2.24, 2.45) is 0 Å². The van der Waals surface area contributed by atoms with Crippen LogP contribution in [0.4, 0.5) is 16.2 Å². The third kappa shape index (κ3) is 9.70. The van der Waals surface area contributed by atoms with Gasteiger partial charge in [0.15, 0.2) is 0 Å². The van der Waals surface area contributed by atoms with Crippen molar-refractivity contribution in [3.05, 3.63) is 48.0 Å². The third-order valence-corrected chi connectivity index (χ3v) is 8.97. The minimum absolute atomic E-state index is 0.0165. The molecule has 1 atom stereocenters. The quantitative estimate of drug-likeness (QED) is 0.204. The van der Waals surface area contributed by atoms with Crippen LogP contribution in [-0.4, -0.2) is 94.6 Å². The summed E-state index contributed by atoms with van der Waals surface area (Å²) in [5.74, 6) is -1.15. The van der Waals surface area contributed by atoms with Crippen LogP contribution in [0.2, 0.25) is 0 Å². The number of rotatable bonds is 11. The molecule has 0 spiro atoms. The molecule has 4 N–H and O–H groups in total. The van der Waals surface area contributed by atoms with Gasteiger partial charge in [-0.3, -0.25) is 9.52 Å². The first kappa shape index (κ1) is 34.9. The molecule has 3 rings (SSSR count). The SMILES string of the molecule is COC(=O)N(CC(=O)OC(C)(C)C)S(=O)(=O)c1ccc(N2CCC(NC[C@H](O)c3ccc(O)c(NS(C)(=O)=O)c3)CC2)cc1. The molecule has 0 aliphatic carbocycles. The summed E-state index contributed by atoms with van der Waals surface area (Å²) in [4.78, 5) is 26.5. The highest BCUT2D eigenvalue weighted by Crippen LogP contribution is 2.28. The van der Waals surface area contributed by atoms with Crippen LogP contribution in [-0.2, 0) is 34.3 Å². The number of aliphatic hydroxyl groups excluding tert-OH is 1. The molecule has 244 valence electrons. The highest BCUT2D eigenvalue weighted by atomic mass is 32.2. The van der Waals surface area contributed by atoms with Crippen molar-refractivity contribution in [2.75, 3.05) is 49.2 Å². The van der Waals surface area contributed by atoms with E-state index in [1.165, 1.54) is 30.3 Å². The highest BCUT2D eigenvalue weighted by Gasteiger charge is 2.34. The van der Waals surface area contributed by atoms with Crippen LogP contribution in [0.1, 0.15) is 45.3 Å². The molecule has 0 saturated carbocycles. The molecule has 0 radical (unpaired) electrons. The van der Waals surface area contributed by atoms with Gasteiger partial charge in [0.25, 0.3) is 10.0 Å². The van der Waals surface area contributed by atoms with E-state index in [9.17, 15) is 36.6 Å². The largest absolute Gasteiger partial charge is 0.506 e. The van der Waals surface area contributed by atoms with Gasteiger partial charge in [0.05, 0.1) is 30.1 Å². The first-order chi connectivity index (χ1) is 20.4. The average Bonchev–Trinajstić information content (AvgIpc) is 2.94. The zero-order valence-corrected chi connectivity index (χ0v) is 26.9. The second-order valence-electron chi connectivity index (χ2n) is 11.4. The summed E-state index contributed by atoms with van der Waals surface area (Å²) < 4.78 is 61.8. The van der Waals surface area contributed by atoms with Crippen LogP contribution in [0.3, 0.4) is 0 Å². The maximum absolute atomic E-state index is 13.2. The summed E-state index contributed by atoms with van der Waals surface area (Å²) in [6.45, 7) is 5.54. The summed E-state index contributed by atoms with van der Waals surface area (Å²) >= 11 is 0. The third-order valence-electron chi connectivity index (χ3n) is 6.66. The molecule has 0 aromatic heterocycles. The molecule has 1 fully saturated rings. The van der Waals surface area contributed by atoms with E-state index in [0.717, 1.165) is 31.9 Å². The zero-order valence-electron chi connectivity index (χ0n) is 25.3. The number of sulfonamides is 2. The van der Waals surface area contributed by atoms with Crippen molar-refractivity contribution in [3.8, 4) is 5.75 Å². The number of benzene rings is 2. The second kappa shape index (κ2) is 14.0. The summed E-state index contributed by atoms with van der Waals surface area (Å²) in [6.07, 6.45) is 0.275. The number of amides is 1. The minimum Gasteiger partial charge on any atom is -0.506 e. The van der Waals surface area contributed by atoms with Crippen LogP contribution < -0.4 is 14.9 Å². The number of esters is 1. The van der Waals surface area contributed by atoms with E-state index in [4.69, 9.17) is 4.74 Å². The molecule has 1 saturated heterocycles. The fourth-order valence-corrected chi connectivity index (χ4v) is 6.42. The Morgan fingerprint density at radius 2 is 1.68 bits per heavy atom. The van der Waals surface area contributed by atoms with Crippen molar-refractivity contribution in [2.45, 2.75) is 56.3 Å². The smallest absolute Gasteiger partial charge is 0.424 e. The number of anilines is 2. The Labute approximate surface area is 258 Å². The van der Waals surface area contributed by atoms with Crippen molar-refractivity contribution < 1.29 is 46.1 Å². The van der Waals surface area contributed by atoms with Crippen LogP contribution in [0.15, 0.2) is 47.4 Å². The molecule has 2 aromatic carbocycles. The number of aliphatic hydroxyl groups is 1. The maximum atomic E-state index is 13.2. The van der Waals surface area contributed by atoms with E-state index < -0.39 is 50.4 Å². The molecule has 2 aromatic rings. The molecular formula is C28H40N4O10S2. The van der Waals surface area contributed by atoms with Crippen LogP contribution in [0.25, 0.3) is 0 Å². The lowest BCUT2D eigenvalue weighted by molar-refractivity contribution is -0.154. The lowest BCUT2D eigenvalue weighted by atomic mass is 10.0. The number of hydrogen-bond donors (Lipinski definition) is 4. The van der Waals surface area contributed by atoms with Gasteiger partial charge in [-0.1, -0.05) is 6.07 Å². The number of hydrogen-bond acceptors (Lipinski definition) is 12. The molecule has 16 heteroatoms. The van der Waals surface area contributed by atoms with Crippen molar-refractivity contribution >= 4 is 43.5 Å². The lowest BCUT2D eigenvalue weighted by Crippen LogP contribution is -2.43. The van der Waals surface area contributed by atoms with E-state index in [2.05, 4.69) is 19.7 Å². The summed E-state index contributed by atoms with van der Waals surface area (Å²) in [5.41, 5.74) is 0.320. The standard InChI is InChI=1S/C28H40N4O10S2/c1-28(2,3)42-26(35)18-32(27(36)41-4)44(39,40)22-9-7-21(8-10-22)31-14-12-20(13-15-31)29-17-25(34)19-6-11-24(33)23(16-19)30-43(5,37)38/h6-11,16,20,25,29-30,33-34H,12-15,17-18H2,1-5H3/t25-/m0/s1. The Morgan fingerprint density at radius 1 is 1.07 bits per heavy atom. The van der Waals surface area contributed by atoms with E-state index in [1.807, 2.05) is 0 Å². The average molecular weight is 657 g/mol. The van der Waals surface area contributed by atoms with Gasteiger partial charge in [-0.2, -0.15) is 4.31 Å². The van der Waals surface area contributed by atoms with Gasteiger partial charge >= 0.3 is 12.1 Å². The molecule has 1 heterocycles. The minimum atomic E-state index is -4.41. The number of carbonyl (C=O) groups excluding carboxylic acids is 2. The summed E-state index contributed by atoms with van der Waals surface area (Å²) in [5, 5.41) is 23.9. The molecule has 14 nitrogen and oxygen atoms in total. The number of phenols is 1. The molecule has 1 amide bonds. The Balaban J connectivity index is 1.58. The van der Waals surface area contributed by atoms with Gasteiger partial charge in [-0.05, 0) is 75.6 Å². The van der Waals surface area contributed by atoms with Crippen LogP contribution in [0.5, 0.6) is 5.75 Å². The highest BCUT2D eigenvalue weighted by molar-refractivity contribution is 7.92. The van der Waals surface area contributed by atoms with Gasteiger partial charge in [-0.25, -0.2) is 21.6 Å². The number of nitrogens with zero attached hydrogens (tertiary/aromatic N) is 2. The fourth-order valence-electron chi connectivity index (χ4n) is 4.58. The molecule has 44 heavy (non-hydrogen) atoms. The van der Waals surface area contributed by atoms with Gasteiger partial charge in [0.1, 0.15) is 17.9 Å². The van der Waals surface area contributed by atoms with Crippen molar-refractivity contribution in [3.63, 3.8) is 0 Å². The molecule has 0 unspecified atom stereocenters. The normalized spacial score (nSPS) is 15.4.